The summed E-state index contributed by atoms with van der Waals surface area (Å²) >= 11 is 0. The van der Waals surface area contributed by atoms with E-state index in [1.54, 1.807) is 26.0 Å². The molecule has 1 N–H and O–H groups in total. The number of aryl methyl sites for hydroxylation is 2. The Morgan fingerprint density at radius 2 is 1.95 bits per heavy atom. The first-order chi connectivity index (χ1) is 8.62. The fourth-order valence-corrected chi connectivity index (χ4v) is 3.06. The second-order valence-corrected chi connectivity index (χ2v) is 5.68. The van der Waals surface area contributed by atoms with Gasteiger partial charge in [0.2, 0.25) is 0 Å². The van der Waals surface area contributed by atoms with Gasteiger partial charge >= 0.3 is 12.1 Å². The topological polar surface area (TPSA) is 54.4 Å². The molecule has 0 spiro atoms. The van der Waals surface area contributed by atoms with Gasteiger partial charge in [0.25, 0.3) is 0 Å². The molecule has 0 fully saturated rings. The van der Waals surface area contributed by atoms with Crippen molar-refractivity contribution in [3.63, 3.8) is 0 Å². The van der Waals surface area contributed by atoms with Crippen LogP contribution in [0.15, 0.2) is 23.1 Å². The third-order valence-corrected chi connectivity index (χ3v) is 4.17. The summed E-state index contributed by atoms with van der Waals surface area (Å²) in [5.74, 6) is -5.59. The van der Waals surface area contributed by atoms with E-state index in [0.717, 1.165) is 5.56 Å². The number of hydrogen-bond acceptors (Lipinski definition) is 2. The molecule has 3 nitrogen and oxygen atoms in total. The van der Waals surface area contributed by atoms with Crippen LogP contribution in [0.3, 0.4) is 0 Å². The van der Waals surface area contributed by atoms with Crippen molar-refractivity contribution in [2.24, 2.45) is 5.92 Å². The highest BCUT2D eigenvalue weighted by atomic mass is 32.2. The predicted molar refractivity (Wildman–Crippen MR) is 64.4 cm³/mol. The molecular formula is C12H13F3O3S. The highest BCUT2D eigenvalue weighted by molar-refractivity contribution is 7.85. The van der Waals surface area contributed by atoms with Crippen LogP contribution in [0.2, 0.25) is 0 Å². The van der Waals surface area contributed by atoms with Gasteiger partial charge in [-0.25, -0.2) is 0 Å². The van der Waals surface area contributed by atoms with Gasteiger partial charge in [0.05, 0.1) is 16.6 Å². The molecule has 0 bridgehead atoms. The molecule has 0 aliphatic rings. The minimum absolute atomic E-state index is 0.246. The van der Waals surface area contributed by atoms with Gasteiger partial charge in [-0.05, 0) is 31.0 Å². The van der Waals surface area contributed by atoms with E-state index in [1.165, 1.54) is 6.07 Å². The largest absolute Gasteiger partial charge is 0.481 e. The Hall–Kier alpha value is -1.37. The average molecular weight is 294 g/mol. The van der Waals surface area contributed by atoms with Crippen molar-refractivity contribution in [3.05, 3.63) is 29.3 Å². The van der Waals surface area contributed by atoms with Crippen LogP contribution in [0.1, 0.15) is 11.1 Å². The molecule has 1 aromatic carbocycles. The molecule has 0 saturated carbocycles. The van der Waals surface area contributed by atoms with E-state index in [0.29, 0.717) is 5.56 Å². The molecule has 0 aliphatic heterocycles. The van der Waals surface area contributed by atoms with Crippen molar-refractivity contribution in [2.45, 2.75) is 24.9 Å². The minimum Gasteiger partial charge on any atom is -0.481 e. The van der Waals surface area contributed by atoms with Crippen molar-refractivity contribution < 1.29 is 27.3 Å². The van der Waals surface area contributed by atoms with Gasteiger partial charge in [-0.1, -0.05) is 12.1 Å². The third-order valence-electron chi connectivity index (χ3n) is 2.60. The molecule has 7 heteroatoms. The fraction of sp³-hybridized carbons (Fsp3) is 0.417. The Labute approximate surface area is 110 Å². The van der Waals surface area contributed by atoms with E-state index in [9.17, 15) is 22.2 Å². The van der Waals surface area contributed by atoms with Crippen LogP contribution in [0.25, 0.3) is 0 Å². The van der Waals surface area contributed by atoms with Crippen LogP contribution in [0, 0.1) is 19.8 Å². The zero-order valence-corrected chi connectivity index (χ0v) is 11.1. The first-order valence-corrected chi connectivity index (χ1v) is 6.70. The highest BCUT2D eigenvalue weighted by Crippen LogP contribution is 2.29. The number of carboxylic acids is 1. The van der Waals surface area contributed by atoms with Gasteiger partial charge in [-0.3, -0.25) is 9.00 Å². The highest BCUT2D eigenvalue weighted by Gasteiger charge is 2.46. The van der Waals surface area contributed by atoms with Gasteiger partial charge in [0.15, 0.2) is 5.92 Å². The molecule has 0 saturated heterocycles. The van der Waals surface area contributed by atoms with Crippen molar-refractivity contribution in [2.75, 3.05) is 5.75 Å². The molecule has 0 radical (unpaired) electrons. The molecule has 0 amide bonds. The van der Waals surface area contributed by atoms with Crippen molar-refractivity contribution in [3.8, 4) is 0 Å². The van der Waals surface area contributed by atoms with Crippen LogP contribution in [-0.4, -0.2) is 27.2 Å². The molecular weight excluding hydrogens is 281 g/mol. The zero-order valence-electron chi connectivity index (χ0n) is 10.3. The monoisotopic (exact) mass is 294 g/mol. The number of benzene rings is 1. The molecule has 2 atom stereocenters. The summed E-state index contributed by atoms with van der Waals surface area (Å²) in [6.45, 7) is 3.34. The molecule has 2 unspecified atom stereocenters. The molecule has 1 aromatic rings. The van der Waals surface area contributed by atoms with Crippen molar-refractivity contribution >= 4 is 16.8 Å². The van der Waals surface area contributed by atoms with E-state index in [4.69, 9.17) is 5.11 Å². The number of halogens is 3. The first-order valence-electron chi connectivity index (χ1n) is 5.38. The molecule has 106 valence electrons. The average Bonchev–Trinajstić information content (AvgIpc) is 2.26. The lowest BCUT2D eigenvalue weighted by Gasteiger charge is -2.16. The molecule has 1 rings (SSSR count). The Bertz CT molecular complexity index is 511. The van der Waals surface area contributed by atoms with Crippen LogP contribution < -0.4 is 0 Å². The van der Waals surface area contributed by atoms with Gasteiger partial charge < -0.3 is 5.11 Å². The zero-order chi connectivity index (χ0) is 14.8. The van der Waals surface area contributed by atoms with Crippen LogP contribution in [-0.2, 0) is 15.6 Å². The van der Waals surface area contributed by atoms with Gasteiger partial charge in [0, 0.05) is 4.90 Å². The van der Waals surface area contributed by atoms with E-state index in [1.807, 2.05) is 0 Å². The Balaban J connectivity index is 3.01. The maximum absolute atomic E-state index is 12.5. The number of alkyl halides is 3. The summed E-state index contributed by atoms with van der Waals surface area (Å²) < 4.78 is 49.5. The first kappa shape index (κ1) is 15.7. The predicted octanol–water partition coefficient (Wildman–Crippen LogP) is 2.67. The maximum atomic E-state index is 12.5. The van der Waals surface area contributed by atoms with E-state index in [-0.39, 0.29) is 4.90 Å². The number of carbonyl (C=O) groups is 1. The van der Waals surface area contributed by atoms with Crippen molar-refractivity contribution in [1.82, 2.24) is 0 Å². The summed E-state index contributed by atoms with van der Waals surface area (Å²) in [7, 11) is -2.00. The summed E-state index contributed by atoms with van der Waals surface area (Å²) in [4.78, 5) is 10.9. The quantitative estimate of drug-likeness (QED) is 0.929. The van der Waals surface area contributed by atoms with E-state index < -0.39 is 34.6 Å². The number of carboxylic acid groups (broad SMARTS) is 1. The number of aliphatic carboxylic acids is 1. The summed E-state index contributed by atoms with van der Waals surface area (Å²) in [6.07, 6.45) is -4.90. The number of rotatable bonds is 4. The minimum atomic E-state index is -4.90. The van der Waals surface area contributed by atoms with Crippen LogP contribution in [0.5, 0.6) is 0 Å². The Morgan fingerprint density at radius 1 is 1.37 bits per heavy atom. The van der Waals surface area contributed by atoms with Crippen LogP contribution in [0.4, 0.5) is 13.2 Å². The fourth-order valence-electron chi connectivity index (χ4n) is 1.50. The smallest absolute Gasteiger partial charge is 0.403 e. The molecule has 19 heavy (non-hydrogen) atoms. The lowest BCUT2D eigenvalue weighted by atomic mass is 10.2. The standard InChI is InChI=1S/C12H13F3O3S/c1-7-3-4-8(2)10(5-7)19(18)6-9(11(16)17)12(13,14)15/h3-5,9H,6H2,1-2H3,(H,16,17). The lowest BCUT2D eigenvalue weighted by Crippen LogP contribution is -2.35. The Kier molecular flexibility index (Phi) is 4.73. The Morgan fingerprint density at radius 3 is 2.42 bits per heavy atom. The lowest BCUT2D eigenvalue weighted by molar-refractivity contribution is -0.188. The second kappa shape index (κ2) is 5.73. The second-order valence-electron chi connectivity index (χ2n) is 4.21. The van der Waals surface area contributed by atoms with Crippen LogP contribution >= 0.6 is 0 Å². The van der Waals surface area contributed by atoms with Gasteiger partial charge in [0.1, 0.15) is 0 Å². The molecule has 0 aliphatic carbocycles. The number of hydrogen-bond donors (Lipinski definition) is 1. The summed E-state index contributed by atoms with van der Waals surface area (Å²) in [5, 5.41) is 8.57. The third kappa shape index (κ3) is 4.05. The van der Waals surface area contributed by atoms with E-state index >= 15 is 0 Å². The molecule has 0 heterocycles. The van der Waals surface area contributed by atoms with Gasteiger partial charge in [-0.2, -0.15) is 13.2 Å². The summed E-state index contributed by atoms with van der Waals surface area (Å²) in [5.41, 5.74) is 1.34. The summed E-state index contributed by atoms with van der Waals surface area (Å²) in [6, 6.07) is 4.90. The SMILES string of the molecule is Cc1ccc(C)c(S(=O)CC(C(=O)O)C(F)(F)F)c1. The van der Waals surface area contributed by atoms with Crippen molar-refractivity contribution in [1.29, 1.82) is 0 Å². The van der Waals surface area contributed by atoms with E-state index in [2.05, 4.69) is 0 Å². The van der Waals surface area contributed by atoms with Gasteiger partial charge in [-0.15, -0.1) is 0 Å². The maximum Gasteiger partial charge on any atom is 0.403 e. The normalized spacial score (nSPS) is 15.0. The molecule has 0 aromatic heterocycles.